The molecule has 25 heavy (non-hydrogen) atoms. The summed E-state index contributed by atoms with van der Waals surface area (Å²) < 4.78 is 14.4. The van der Waals surface area contributed by atoms with E-state index in [1.807, 2.05) is 0 Å². The van der Waals surface area contributed by atoms with Gasteiger partial charge in [0.15, 0.2) is 0 Å². The lowest BCUT2D eigenvalue weighted by molar-refractivity contribution is 0.0950. The predicted molar refractivity (Wildman–Crippen MR) is 92.5 cm³/mol. The molecule has 0 spiro atoms. The number of hydrogen-bond donors (Lipinski definition) is 2. The van der Waals surface area contributed by atoms with Gasteiger partial charge in [0.25, 0.3) is 5.91 Å². The lowest BCUT2D eigenvalue weighted by Crippen LogP contribution is -2.23. The molecule has 3 aromatic rings. The van der Waals surface area contributed by atoms with E-state index in [0.717, 1.165) is 0 Å². The first-order valence-corrected chi connectivity index (χ1v) is 7.91. The molecule has 0 aliphatic rings. The highest BCUT2D eigenvalue weighted by Crippen LogP contribution is 2.24. The van der Waals surface area contributed by atoms with Crippen molar-refractivity contribution in [2.75, 3.05) is 0 Å². The molecule has 1 amide bonds. The number of benzene rings is 2. The molecule has 0 unspecified atom stereocenters. The SMILES string of the molecule is Cc1nn(-c2ccc(F)cc2)c(Cl)c1C(=O)NCc1ccccc1O. The molecule has 0 fully saturated rings. The number of phenols is 1. The van der Waals surface area contributed by atoms with Crippen LogP contribution in [-0.2, 0) is 6.54 Å². The number of nitrogens with one attached hydrogen (secondary N) is 1. The van der Waals surface area contributed by atoms with Crippen LogP contribution in [0.25, 0.3) is 5.69 Å². The van der Waals surface area contributed by atoms with Crippen LogP contribution in [0.15, 0.2) is 48.5 Å². The number of halogens is 2. The second kappa shape index (κ2) is 6.94. The average Bonchev–Trinajstić information content (AvgIpc) is 2.89. The molecule has 0 aliphatic heterocycles. The van der Waals surface area contributed by atoms with Gasteiger partial charge in [0, 0.05) is 12.1 Å². The first kappa shape index (κ1) is 17.0. The third kappa shape index (κ3) is 3.49. The number of phenolic OH excluding ortho intramolecular Hbond substituents is 1. The fourth-order valence-electron chi connectivity index (χ4n) is 2.43. The van der Waals surface area contributed by atoms with Gasteiger partial charge in [-0.05, 0) is 37.3 Å². The largest absolute Gasteiger partial charge is 0.508 e. The molecular formula is C18H15ClFN3O2. The van der Waals surface area contributed by atoms with E-state index in [1.165, 1.54) is 28.9 Å². The highest BCUT2D eigenvalue weighted by Gasteiger charge is 2.21. The van der Waals surface area contributed by atoms with Crippen molar-refractivity contribution in [3.05, 3.63) is 76.3 Å². The third-order valence-corrected chi connectivity index (χ3v) is 4.08. The Morgan fingerprint density at radius 2 is 1.92 bits per heavy atom. The zero-order valence-electron chi connectivity index (χ0n) is 13.3. The molecule has 2 N–H and O–H groups in total. The number of rotatable bonds is 4. The van der Waals surface area contributed by atoms with Gasteiger partial charge in [-0.3, -0.25) is 4.79 Å². The zero-order chi connectivity index (χ0) is 18.0. The minimum absolute atomic E-state index is 0.104. The van der Waals surface area contributed by atoms with Gasteiger partial charge in [-0.1, -0.05) is 29.8 Å². The van der Waals surface area contributed by atoms with Gasteiger partial charge in [-0.15, -0.1) is 0 Å². The lowest BCUT2D eigenvalue weighted by Gasteiger charge is -2.07. The van der Waals surface area contributed by atoms with Gasteiger partial charge >= 0.3 is 0 Å². The maximum absolute atomic E-state index is 13.1. The molecule has 128 valence electrons. The maximum Gasteiger partial charge on any atom is 0.256 e. The van der Waals surface area contributed by atoms with Crippen LogP contribution < -0.4 is 5.32 Å². The van der Waals surface area contributed by atoms with Crippen molar-refractivity contribution in [3.63, 3.8) is 0 Å². The van der Waals surface area contributed by atoms with Crippen molar-refractivity contribution in [2.45, 2.75) is 13.5 Å². The Balaban J connectivity index is 1.84. The molecule has 0 aliphatic carbocycles. The lowest BCUT2D eigenvalue weighted by atomic mass is 10.2. The molecule has 0 bridgehead atoms. The van der Waals surface area contributed by atoms with E-state index in [-0.39, 0.29) is 28.8 Å². The van der Waals surface area contributed by atoms with Gasteiger partial charge < -0.3 is 10.4 Å². The fraction of sp³-hybridized carbons (Fsp3) is 0.111. The zero-order valence-corrected chi connectivity index (χ0v) is 14.1. The number of aryl methyl sites for hydroxylation is 1. The summed E-state index contributed by atoms with van der Waals surface area (Å²) in [5.41, 5.74) is 1.83. The van der Waals surface area contributed by atoms with Crippen LogP contribution in [-0.4, -0.2) is 20.8 Å². The molecule has 0 radical (unpaired) electrons. The first-order valence-electron chi connectivity index (χ1n) is 7.53. The Kier molecular flexibility index (Phi) is 4.72. The number of nitrogens with zero attached hydrogens (tertiary/aromatic N) is 2. The summed E-state index contributed by atoms with van der Waals surface area (Å²) >= 11 is 6.31. The second-order valence-corrected chi connectivity index (χ2v) is 5.81. The van der Waals surface area contributed by atoms with E-state index < -0.39 is 5.91 Å². The summed E-state index contributed by atoms with van der Waals surface area (Å²) in [6.07, 6.45) is 0. The van der Waals surface area contributed by atoms with E-state index in [0.29, 0.717) is 16.9 Å². The average molecular weight is 360 g/mol. The normalized spacial score (nSPS) is 10.7. The Bertz CT molecular complexity index is 923. The van der Waals surface area contributed by atoms with Crippen molar-refractivity contribution >= 4 is 17.5 Å². The molecule has 1 heterocycles. The summed E-state index contributed by atoms with van der Waals surface area (Å²) in [6, 6.07) is 12.4. The molecule has 0 saturated heterocycles. The van der Waals surface area contributed by atoms with Crippen LogP contribution >= 0.6 is 11.6 Å². The molecule has 5 nitrogen and oxygen atoms in total. The Hall–Kier alpha value is -2.86. The van der Waals surface area contributed by atoms with Gasteiger partial charge in [0.2, 0.25) is 0 Å². The van der Waals surface area contributed by atoms with Crippen molar-refractivity contribution < 1.29 is 14.3 Å². The summed E-state index contributed by atoms with van der Waals surface area (Å²) in [6.45, 7) is 1.82. The van der Waals surface area contributed by atoms with E-state index in [9.17, 15) is 14.3 Å². The van der Waals surface area contributed by atoms with E-state index in [1.54, 1.807) is 31.2 Å². The van der Waals surface area contributed by atoms with Crippen molar-refractivity contribution in [1.82, 2.24) is 15.1 Å². The molecular weight excluding hydrogens is 345 g/mol. The molecule has 3 rings (SSSR count). The number of aromatic hydroxyl groups is 1. The Labute approximate surface area is 148 Å². The minimum atomic E-state index is -0.404. The molecule has 2 aromatic carbocycles. The van der Waals surface area contributed by atoms with Gasteiger partial charge in [-0.25, -0.2) is 9.07 Å². The van der Waals surface area contributed by atoms with Crippen LogP contribution in [0.5, 0.6) is 5.75 Å². The van der Waals surface area contributed by atoms with Crippen LogP contribution in [0.3, 0.4) is 0 Å². The number of amides is 1. The number of carbonyl (C=O) groups excluding carboxylic acids is 1. The van der Waals surface area contributed by atoms with E-state index in [4.69, 9.17) is 11.6 Å². The van der Waals surface area contributed by atoms with E-state index in [2.05, 4.69) is 10.4 Å². The van der Waals surface area contributed by atoms with Crippen molar-refractivity contribution in [1.29, 1.82) is 0 Å². The summed E-state index contributed by atoms with van der Waals surface area (Å²) in [5, 5.41) is 16.9. The fourth-order valence-corrected chi connectivity index (χ4v) is 2.79. The van der Waals surface area contributed by atoms with Crippen LogP contribution in [0.2, 0.25) is 5.15 Å². The van der Waals surface area contributed by atoms with Crippen molar-refractivity contribution in [3.8, 4) is 11.4 Å². The molecule has 0 atom stereocenters. The minimum Gasteiger partial charge on any atom is -0.508 e. The summed E-state index contributed by atoms with van der Waals surface area (Å²) in [4.78, 5) is 12.5. The van der Waals surface area contributed by atoms with Gasteiger partial charge in [0.05, 0.1) is 16.9 Å². The number of aromatic nitrogens is 2. The van der Waals surface area contributed by atoms with E-state index >= 15 is 0 Å². The maximum atomic E-state index is 13.1. The highest BCUT2D eigenvalue weighted by molar-refractivity contribution is 6.33. The quantitative estimate of drug-likeness (QED) is 0.747. The standard InChI is InChI=1S/C18H15ClFN3O2/c1-11-16(18(25)21-10-12-4-2-3-5-15(12)24)17(19)23(22-11)14-8-6-13(20)7-9-14/h2-9,24H,10H2,1H3,(H,21,25). The highest BCUT2D eigenvalue weighted by atomic mass is 35.5. The number of para-hydroxylation sites is 1. The third-order valence-electron chi connectivity index (χ3n) is 3.73. The predicted octanol–water partition coefficient (Wildman–Crippen LogP) is 3.61. The summed E-state index contributed by atoms with van der Waals surface area (Å²) in [7, 11) is 0. The van der Waals surface area contributed by atoms with Crippen LogP contribution in [0.4, 0.5) is 4.39 Å². The second-order valence-electron chi connectivity index (χ2n) is 5.45. The number of carbonyl (C=O) groups is 1. The monoisotopic (exact) mass is 359 g/mol. The van der Waals surface area contributed by atoms with Gasteiger partial charge in [0.1, 0.15) is 16.7 Å². The molecule has 1 aromatic heterocycles. The molecule has 0 saturated carbocycles. The van der Waals surface area contributed by atoms with Crippen LogP contribution in [0, 0.1) is 12.7 Å². The van der Waals surface area contributed by atoms with Crippen molar-refractivity contribution in [2.24, 2.45) is 0 Å². The summed E-state index contributed by atoms with van der Waals surface area (Å²) in [5.74, 6) is -0.670. The first-order chi connectivity index (χ1) is 12.0. The Morgan fingerprint density at radius 3 is 2.60 bits per heavy atom. The number of hydrogen-bond acceptors (Lipinski definition) is 3. The van der Waals surface area contributed by atoms with Crippen LogP contribution in [0.1, 0.15) is 21.6 Å². The Morgan fingerprint density at radius 1 is 1.24 bits per heavy atom. The molecule has 7 heteroatoms. The van der Waals surface area contributed by atoms with Gasteiger partial charge in [-0.2, -0.15) is 5.10 Å². The topological polar surface area (TPSA) is 67.2 Å². The smallest absolute Gasteiger partial charge is 0.256 e.